The van der Waals surface area contributed by atoms with E-state index in [0.717, 1.165) is 5.52 Å². The van der Waals surface area contributed by atoms with Gasteiger partial charge in [0.2, 0.25) is 5.91 Å². The number of hydrogen-bond donors (Lipinski definition) is 2. The van der Waals surface area contributed by atoms with Gasteiger partial charge in [-0.1, -0.05) is 30.3 Å². The highest BCUT2D eigenvalue weighted by Crippen LogP contribution is 2.37. The van der Waals surface area contributed by atoms with Crippen molar-refractivity contribution in [3.63, 3.8) is 0 Å². The van der Waals surface area contributed by atoms with Crippen molar-refractivity contribution in [1.29, 1.82) is 0 Å². The molecule has 25 heavy (non-hydrogen) atoms. The number of phenolic OH excluding ortho intramolecular Hbond substituents is 1. The summed E-state index contributed by atoms with van der Waals surface area (Å²) in [7, 11) is 0. The fourth-order valence-electron chi connectivity index (χ4n) is 3.34. The second-order valence-corrected chi connectivity index (χ2v) is 5.91. The molecule has 4 aromatic rings. The molecule has 3 N–H and O–H groups in total. The summed E-state index contributed by atoms with van der Waals surface area (Å²) in [5.74, 6) is -0.814. The van der Waals surface area contributed by atoms with Crippen molar-refractivity contribution in [3.05, 3.63) is 77.6 Å². The van der Waals surface area contributed by atoms with Gasteiger partial charge in [-0.15, -0.1) is 0 Å². The quantitative estimate of drug-likeness (QED) is 0.598. The first-order valence-electron chi connectivity index (χ1n) is 7.84. The van der Waals surface area contributed by atoms with Crippen LogP contribution in [0.2, 0.25) is 0 Å². The number of amides is 1. The van der Waals surface area contributed by atoms with Gasteiger partial charge in [-0.25, -0.2) is 4.39 Å². The maximum absolute atomic E-state index is 14.1. The number of carbonyl (C=O) groups is 1. The lowest BCUT2D eigenvalue weighted by Gasteiger charge is -2.09. The molecule has 1 aromatic heterocycles. The van der Waals surface area contributed by atoms with Crippen molar-refractivity contribution in [1.82, 2.24) is 4.57 Å². The predicted octanol–water partition coefficient (Wildman–Crippen LogP) is 3.79. The van der Waals surface area contributed by atoms with Crippen molar-refractivity contribution in [2.45, 2.75) is 6.54 Å². The number of carbonyl (C=O) groups excluding carboxylic acids is 1. The molecule has 4 rings (SSSR count). The van der Waals surface area contributed by atoms with Crippen LogP contribution in [0.25, 0.3) is 21.8 Å². The van der Waals surface area contributed by atoms with E-state index in [1.807, 2.05) is 16.7 Å². The largest absolute Gasteiger partial charge is 0.507 e. The first-order valence-corrected chi connectivity index (χ1v) is 7.84. The Bertz CT molecular complexity index is 1130. The van der Waals surface area contributed by atoms with E-state index in [9.17, 15) is 14.3 Å². The van der Waals surface area contributed by atoms with Crippen LogP contribution in [0.15, 0.2) is 60.7 Å². The van der Waals surface area contributed by atoms with Crippen molar-refractivity contribution >= 4 is 27.7 Å². The number of primary amides is 1. The summed E-state index contributed by atoms with van der Waals surface area (Å²) in [5, 5.41) is 11.5. The number of fused-ring (bicyclic) bond motifs is 3. The smallest absolute Gasteiger partial charge is 0.249 e. The van der Waals surface area contributed by atoms with E-state index in [-0.39, 0.29) is 18.1 Å². The number of rotatable bonds is 3. The van der Waals surface area contributed by atoms with Crippen LogP contribution in [0.1, 0.15) is 15.9 Å². The van der Waals surface area contributed by atoms with Crippen LogP contribution < -0.4 is 5.73 Å². The summed E-state index contributed by atoms with van der Waals surface area (Å²) in [6.45, 7) is 0.276. The van der Waals surface area contributed by atoms with E-state index >= 15 is 0 Å². The molecular formula is C20H15FN2O2. The van der Waals surface area contributed by atoms with Crippen LogP contribution in [-0.4, -0.2) is 15.6 Å². The van der Waals surface area contributed by atoms with E-state index in [2.05, 4.69) is 0 Å². The zero-order valence-electron chi connectivity index (χ0n) is 13.2. The average molecular weight is 334 g/mol. The molecule has 5 heteroatoms. The molecule has 1 amide bonds. The molecule has 0 aliphatic rings. The molecule has 3 aromatic carbocycles. The normalized spacial score (nSPS) is 11.2. The molecule has 4 nitrogen and oxygen atoms in total. The molecular weight excluding hydrogens is 319 g/mol. The minimum atomic E-state index is -0.571. The standard InChI is InChI=1S/C20H15FN2O2/c21-14-7-2-1-5-12(14)11-23-15-8-3-6-13(20(22)25)18(15)19-16(23)9-4-10-17(19)24/h1-10,24H,11H2,(H2,22,25). The van der Waals surface area contributed by atoms with Crippen molar-refractivity contribution in [3.8, 4) is 5.75 Å². The molecule has 0 atom stereocenters. The minimum absolute atomic E-state index is 0.0588. The molecule has 1 heterocycles. The van der Waals surface area contributed by atoms with Gasteiger partial charge in [0.1, 0.15) is 11.6 Å². The maximum Gasteiger partial charge on any atom is 0.249 e. The van der Waals surface area contributed by atoms with Gasteiger partial charge in [-0.05, 0) is 30.3 Å². The van der Waals surface area contributed by atoms with Gasteiger partial charge in [-0.2, -0.15) is 0 Å². The number of aromatic nitrogens is 1. The van der Waals surface area contributed by atoms with E-state index in [4.69, 9.17) is 5.73 Å². The fraction of sp³-hybridized carbons (Fsp3) is 0.0500. The van der Waals surface area contributed by atoms with Gasteiger partial charge in [0, 0.05) is 16.5 Å². The summed E-state index contributed by atoms with van der Waals surface area (Å²) >= 11 is 0. The summed E-state index contributed by atoms with van der Waals surface area (Å²) in [4.78, 5) is 11.9. The molecule has 0 radical (unpaired) electrons. The SMILES string of the molecule is NC(=O)c1cccc2c1c1c(O)cccc1n2Cc1ccccc1F. The van der Waals surface area contributed by atoms with Crippen LogP contribution >= 0.6 is 0 Å². The van der Waals surface area contributed by atoms with Gasteiger partial charge in [-0.3, -0.25) is 4.79 Å². The van der Waals surface area contributed by atoms with Crippen LogP contribution in [-0.2, 0) is 6.54 Å². The van der Waals surface area contributed by atoms with E-state index < -0.39 is 5.91 Å². The third kappa shape index (κ3) is 2.32. The first kappa shape index (κ1) is 15.2. The molecule has 0 spiro atoms. The Hall–Kier alpha value is -3.34. The van der Waals surface area contributed by atoms with E-state index in [0.29, 0.717) is 27.4 Å². The molecule has 0 unspecified atom stereocenters. The Morgan fingerprint density at radius 1 is 0.960 bits per heavy atom. The third-order valence-corrected chi connectivity index (χ3v) is 4.45. The Balaban J connectivity index is 2.10. The van der Waals surface area contributed by atoms with E-state index in [1.165, 1.54) is 6.07 Å². The van der Waals surface area contributed by atoms with Gasteiger partial charge in [0.15, 0.2) is 0 Å². The van der Waals surface area contributed by atoms with Gasteiger partial charge >= 0.3 is 0 Å². The Morgan fingerprint density at radius 3 is 2.36 bits per heavy atom. The fourth-order valence-corrected chi connectivity index (χ4v) is 3.34. The zero-order chi connectivity index (χ0) is 17.6. The Kier molecular flexibility index (Phi) is 3.42. The highest BCUT2D eigenvalue weighted by molar-refractivity contribution is 6.19. The number of aromatic hydroxyl groups is 1. The van der Waals surface area contributed by atoms with Gasteiger partial charge in [0.05, 0.1) is 23.0 Å². The third-order valence-electron chi connectivity index (χ3n) is 4.45. The monoisotopic (exact) mass is 334 g/mol. The molecule has 0 bridgehead atoms. The van der Waals surface area contributed by atoms with Crippen LogP contribution in [0.4, 0.5) is 4.39 Å². The van der Waals surface area contributed by atoms with Crippen molar-refractivity contribution < 1.29 is 14.3 Å². The number of benzene rings is 3. The number of nitrogens with two attached hydrogens (primary N) is 1. The molecule has 0 fully saturated rings. The molecule has 0 saturated carbocycles. The predicted molar refractivity (Wildman–Crippen MR) is 95.1 cm³/mol. The maximum atomic E-state index is 14.1. The average Bonchev–Trinajstić information content (AvgIpc) is 2.92. The van der Waals surface area contributed by atoms with Crippen LogP contribution in [0.3, 0.4) is 0 Å². The summed E-state index contributed by atoms with van der Waals surface area (Å²) < 4.78 is 16.0. The highest BCUT2D eigenvalue weighted by Gasteiger charge is 2.19. The molecule has 124 valence electrons. The molecule has 0 aliphatic carbocycles. The molecule has 0 saturated heterocycles. The van der Waals surface area contributed by atoms with Gasteiger partial charge in [0.25, 0.3) is 0 Å². The second kappa shape index (κ2) is 5.63. The van der Waals surface area contributed by atoms with E-state index in [1.54, 1.807) is 42.5 Å². The lowest BCUT2D eigenvalue weighted by molar-refractivity contribution is 0.100. The lowest BCUT2D eigenvalue weighted by Crippen LogP contribution is -2.11. The number of hydrogen-bond acceptors (Lipinski definition) is 2. The summed E-state index contributed by atoms with van der Waals surface area (Å²) in [5.41, 5.74) is 7.80. The second-order valence-electron chi connectivity index (χ2n) is 5.91. The minimum Gasteiger partial charge on any atom is -0.507 e. The van der Waals surface area contributed by atoms with Crippen LogP contribution in [0.5, 0.6) is 5.75 Å². The number of phenols is 1. The first-order chi connectivity index (χ1) is 12.1. The Labute approximate surface area is 142 Å². The Morgan fingerprint density at radius 2 is 1.64 bits per heavy atom. The zero-order valence-corrected chi connectivity index (χ0v) is 13.2. The summed E-state index contributed by atoms with van der Waals surface area (Å²) in [6, 6.07) is 16.9. The number of halogens is 1. The number of nitrogens with zero attached hydrogens (tertiary/aromatic N) is 1. The lowest BCUT2D eigenvalue weighted by atomic mass is 10.1. The highest BCUT2D eigenvalue weighted by atomic mass is 19.1. The van der Waals surface area contributed by atoms with Crippen molar-refractivity contribution in [2.75, 3.05) is 0 Å². The molecule has 0 aliphatic heterocycles. The van der Waals surface area contributed by atoms with Crippen LogP contribution in [0, 0.1) is 5.82 Å². The topological polar surface area (TPSA) is 68.2 Å². The van der Waals surface area contributed by atoms with Gasteiger partial charge < -0.3 is 15.4 Å². The summed E-state index contributed by atoms with van der Waals surface area (Å²) in [6.07, 6.45) is 0. The van der Waals surface area contributed by atoms with Crippen molar-refractivity contribution in [2.24, 2.45) is 5.73 Å².